The lowest BCUT2D eigenvalue weighted by molar-refractivity contribution is 0.0259. The van der Waals surface area contributed by atoms with Gasteiger partial charge in [-0.25, -0.2) is 4.39 Å². The number of ether oxygens (including phenoxy) is 1. The summed E-state index contributed by atoms with van der Waals surface area (Å²) in [5.74, 6) is -0.981. The third-order valence-electron chi connectivity index (χ3n) is 2.45. The number of aliphatic hydroxyl groups is 1. The Balaban J connectivity index is 2.43. The molecule has 4 nitrogen and oxygen atoms in total. The van der Waals surface area contributed by atoms with Crippen molar-refractivity contribution in [2.45, 2.75) is 20.0 Å². The number of amides is 1. The topological polar surface area (TPSA) is 58.6 Å². The van der Waals surface area contributed by atoms with Crippen LogP contribution in [0.2, 0.25) is 5.02 Å². The summed E-state index contributed by atoms with van der Waals surface area (Å²) in [7, 11) is 0. The molecule has 0 saturated heterocycles. The second-order valence-corrected chi connectivity index (χ2v) is 5.30. The third kappa shape index (κ3) is 5.45. The maximum atomic E-state index is 13.5. The van der Waals surface area contributed by atoms with E-state index < -0.39 is 17.8 Å². The molecular weight excluding hydrogens is 285 g/mol. The Labute approximate surface area is 122 Å². The van der Waals surface area contributed by atoms with Gasteiger partial charge in [-0.15, -0.1) is 0 Å². The van der Waals surface area contributed by atoms with Gasteiger partial charge in [0.25, 0.3) is 5.91 Å². The normalized spacial score (nSPS) is 12.5. The summed E-state index contributed by atoms with van der Waals surface area (Å²) in [6.07, 6.45) is -0.844. The molecule has 0 aliphatic rings. The Kier molecular flexibility index (Phi) is 6.91. The number of carbonyl (C=O) groups excluding carboxylic acids is 1. The highest BCUT2D eigenvalue weighted by molar-refractivity contribution is 6.33. The summed E-state index contributed by atoms with van der Waals surface area (Å²) in [5.41, 5.74) is -0.218. The van der Waals surface area contributed by atoms with Crippen LogP contribution in [0, 0.1) is 11.7 Å². The quantitative estimate of drug-likeness (QED) is 0.812. The van der Waals surface area contributed by atoms with Crippen LogP contribution in [0.1, 0.15) is 24.2 Å². The maximum Gasteiger partial charge on any atom is 0.255 e. The summed E-state index contributed by atoms with van der Waals surface area (Å²) in [6.45, 7) is 4.61. The fraction of sp³-hybridized carbons (Fsp3) is 0.500. The van der Waals surface area contributed by atoms with E-state index in [0.717, 1.165) is 6.07 Å². The fourth-order valence-corrected chi connectivity index (χ4v) is 1.76. The molecule has 0 aromatic heterocycles. The zero-order valence-corrected chi connectivity index (χ0v) is 12.3. The lowest BCUT2D eigenvalue weighted by atomic mass is 10.2. The van der Waals surface area contributed by atoms with Gasteiger partial charge in [0.2, 0.25) is 0 Å². The third-order valence-corrected chi connectivity index (χ3v) is 2.76. The summed E-state index contributed by atoms with van der Waals surface area (Å²) in [6, 6.07) is 4.01. The van der Waals surface area contributed by atoms with Crippen molar-refractivity contribution in [2.24, 2.45) is 5.92 Å². The molecule has 0 bridgehead atoms. The van der Waals surface area contributed by atoms with Crippen molar-refractivity contribution < 1.29 is 19.0 Å². The monoisotopic (exact) mass is 303 g/mol. The number of rotatable bonds is 7. The van der Waals surface area contributed by atoms with Crippen molar-refractivity contribution in [3.63, 3.8) is 0 Å². The Morgan fingerprint density at radius 2 is 2.15 bits per heavy atom. The first-order valence-corrected chi connectivity index (χ1v) is 6.77. The van der Waals surface area contributed by atoms with Gasteiger partial charge in [-0.05, 0) is 18.1 Å². The molecule has 1 unspecified atom stereocenters. The lowest BCUT2D eigenvalue weighted by Crippen LogP contribution is -2.35. The molecule has 6 heteroatoms. The first-order valence-electron chi connectivity index (χ1n) is 6.39. The molecule has 0 radical (unpaired) electrons. The molecule has 20 heavy (non-hydrogen) atoms. The van der Waals surface area contributed by atoms with Gasteiger partial charge in [-0.2, -0.15) is 0 Å². The smallest absolute Gasteiger partial charge is 0.255 e. The zero-order chi connectivity index (χ0) is 15.1. The standard InChI is InChI=1S/C14H19ClFNO3/c1-9(2)7-20-8-10(18)6-17-14(19)13-11(15)4-3-5-12(13)16/h3-5,9-10,18H,6-8H2,1-2H3,(H,17,19). The minimum atomic E-state index is -0.844. The molecule has 1 aromatic carbocycles. The lowest BCUT2D eigenvalue weighted by Gasteiger charge is -2.14. The fourth-order valence-electron chi connectivity index (χ4n) is 1.51. The molecule has 1 atom stereocenters. The Hall–Kier alpha value is -1.17. The molecule has 112 valence electrons. The summed E-state index contributed by atoms with van der Waals surface area (Å²) in [5, 5.41) is 12.1. The van der Waals surface area contributed by atoms with E-state index in [1.54, 1.807) is 0 Å². The number of nitrogens with one attached hydrogen (secondary N) is 1. The van der Waals surface area contributed by atoms with E-state index in [4.69, 9.17) is 16.3 Å². The van der Waals surface area contributed by atoms with Crippen LogP contribution < -0.4 is 5.32 Å². The predicted molar refractivity (Wildman–Crippen MR) is 75.4 cm³/mol. The second kappa shape index (κ2) is 8.19. The number of carbonyl (C=O) groups is 1. The van der Waals surface area contributed by atoms with Crippen LogP contribution in [-0.2, 0) is 4.74 Å². The Morgan fingerprint density at radius 3 is 2.75 bits per heavy atom. The van der Waals surface area contributed by atoms with E-state index in [1.807, 2.05) is 13.8 Å². The molecule has 0 heterocycles. The zero-order valence-electron chi connectivity index (χ0n) is 11.5. The van der Waals surface area contributed by atoms with Crippen molar-refractivity contribution in [3.8, 4) is 0 Å². The van der Waals surface area contributed by atoms with E-state index in [2.05, 4.69) is 5.32 Å². The number of aliphatic hydroxyl groups excluding tert-OH is 1. The molecule has 0 spiro atoms. The van der Waals surface area contributed by atoms with E-state index in [0.29, 0.717) is 12.5 Å². The molecule has 2 N–H and O–H groups in total. The minimum absolute atomic E-state index is 0.0262. The summed E-state index contributed by atoms with van der Waals surface area (Å²) < 4.78 is 18.7. The molecule has 0 aliphatic carbocycles. The van der Waals surface area contributed by atoms with Gasteiger partial charge in [-0.3, -0.25) is 4.79 Å². The first-order chi connectivity index (χ1) is 9.41. The van der Waals surface area contributed by atoms with Crippen molar-refractivity contribution in [1.29, 1.82) is 0 Å². The molecule has 1 aromatic rings. The van der Waals surface area contributed by atoms with Crippen LogP contribution in [-0.4, -0.2) is 36.9 Å². The summed E-state index contributed by atoms with van der Waals surface area (Å²) >= 11 is 5.77. The average molecular weight is 304 g/mol. The second-order valence-electron chi connectivity index (χ2n) is 4.89. The number of halogens is 2. The summed E-state index contributed by atoms with van der Waals surface area (Å²) in [4.78, 5) is 11.8. The number of benzene rings is 1. The van der Waals surface area contributed by atoms with E-state index in [1.165, 1.54) is 12.1 Å². The van der Waals surface area contributed by atoms with Crippen LogP contribution in [0.4, 0.5) is 4.39 Å². The molecule has 0 aliphatic heterocycles. The highest BCUT2D eigenvalue weighted by Crippen LogP contribution is 2.18. The predicted octanol–water partition coefficient (Wildman–Crippen LogP) is 2.24. The molecule has 0 saturated carbocycles. The van der Waals surface area contributed by atoms with Gasteiger partial charge in [0.05, 0.1) is 23.3 Å². The van der Waals surface area contributed by atoms with Gasteiger partial charge < -0.3 is 15.2 Å². The van der Waals surface area contributed by atoms with Crippen molar-refractivity contribution in [3.05, 3.63) is 34.6 Å². The van der Waals surface area contributed by atoms with Crippen molar-refractivity contribution in [2.75, 3.05) is 19.8 Å². The van der Waals surface area contributed by atoms with Crippen LogP contribution in [0.5, 0.6) is 0 Å². The van der Waals surface area contributed by atoms with Gasteiger partial charge in [0.1, 0.15) is 5.82 Å². The first kappa shape index (κ1) is 16.9. The number of hydrogen-bond donors (Lipinski definition) is 2. The maximum absolute atomic E-state index is 13.5. The van der Waals surface area contributed by atoms with Gasteiger partial charge >= 0.3 is 0 Å². The van der Waals surface area contributed by atoms with Crippen LogP contribution in [0.25, 0.3) is 0 Å². The Morgan fingerprint density at radius 1 is 1.45 bits per heavy atom. The highest BCUT2D eigenvalue weighted by atomic mass is 35.5. The molecule has 0 fully saturated rings. The molecule has 1 amide bonds. The van der Waals surface area contributed by atoms with Crippen LogP contribution in [0.15, 0.2) is 18.2 Å². The van der Waals surface area contributed by atoms with Crippen molar-refractivity contribution >= 4 is 17.5 Å². The van der Waals surface area contributed by atoms with Gasteiger partial charge in [-0.1, -0.05) is 31.5 Å². The van der Waals surface area contributed by atoms with E-state index in [-0.39, 0.29) is 23.7 Å². The number of hydrogen-bond acceptors (Lipinski definition) is 3. The molecule has 1 rings (SSSR count). The Bertz CT molecular complexity index is 434. The van der Waals surface area contributed by atoms with Gasteiger partial charge in [0.15, 0.2) is 0 Å². The van der Waals surface area contributed by atoms with Crippen molar-refractivity contribution in [1.82, 2.24) is 5.32 Å². The minimum Gasteiger partial charge on any atom is -0.389 e. The van der Waals surface area contributed by atoms with E-state index in [9.17, 15) is 14.3 Å². The van der Waals surface area contributed by atoms with Gasteiger partial charge in [0, 0.05) is 13.2 Å². The largest absolute Gasteiger partial charge is 0.389 e. The van der Waals surface area contributed by atoms with Crippen LogP contribution in [0.3, 0.4) is 0 Å². The SMILES string of the molecule is CC(C)COCC(O)CNC(=O)c1c(F)cccc1Cl. The highest BCUT2D eigenvalue weighted by Gasteiger charge is 2.16. The average Bonchev–Trinajstić information content (AvgIpc) is 2.35. The van der Waals surface area contributed by atoms with Crippen LogP contribution >= 0.6 is 11.6 Å². The molecular formula is C14H19ClFNO3. The van der Waals surface area contributed by atoms with E-state index >= 15 is 0 Å².